The van der Waals surface area contributed by atoms with Crippen molar-refractivity contribution in [2.45, 2.75) is 11.4 Å². The zero-order chi connectivity index (χ0) is 15.5. The summed E-state index contributed by atoms with van der Waals surface area (Å²) in [6, 6.07) is 2.83. The second-order valence-corrected chi connectivity index (χ2v) is 6.39. The van der Waals surface area contributed by atoms with E-state index in [0.29, 0.717) is 5.69 Å². The summed E-state index contributed by atoms with van der Waals surface area (Å²) in [5.41, 5.74) is 1.86. The standard InChI is InChI=1S/C12H11FN2O4S2/c1-19-12(16)10-3-2-8(13)4-11(10)21(17,18)15-5-9-6-20-7-14-9/h2-4,6-7,15H,5H2,1H3. The molecule has 2 aromatic rings. The highest BCUT2D eigenvalue weighted by atomic mass is 32.2. The first-order valence-electron chi connectivity index (χ1n) is 5.68. The molecule has 0 spiro atoms. The number of carbonyl (C=O) groups is 1. The van der Waals surface area contributed by atoms with Crippen molar-refractivity contribution in [3.63, 3.8) is 0 Å². The van der Waals surface area contributed by atoms with Gasteiger partial charge in [-0.05, 0) is 18.2 Å². The number of aromatic nitrogens is 1. The van der Waals surface area contributed by atoms with Crippen molar-refractivity contribution in [3.05, 3.63) is 46.2 Å². The minimum Gasteiger partial charge on any atom is -0.465 e. The van der Waals surface area contributed by atoms with Crippen LogP contribution in [-0.4, -0.2) is 26.5 Å². The SMILES string of the molecule is COC(=O)c1ccc(F)cc1S(=O)(=O)NCc1cscn1. The van der Waals surface area contributed by atoms with E-state index in [9.17, 15) is 17.6 Å². The van der Waals surface area contributed by atoms with Crippen LogP contribution in [0.15, 0.2) is 34.0 Å². The van der Waals surface area contributed by atoms with Gasteiger partial charge in [-0.15, -0.1) is 11.3 Å². The molecule has 0 aliphatic rings. The summed E-state index contributed by atoms with van der Waals surface area (Å²) in [5, 5.41) is 1.68. The first-order valence-corrected chi connectivity index (χ1v) is 8.11. The van der Waals surface area contributed by atoms with E-state index in [2.05, 4.69) is 14.4 Å². The van der Waals surface area contributed by atoms with Crippen LogP contribution in [0.1, 0.15) is 16.1 Å². The molecule has 0 amide bonds. The molecule has 0 radical (unpaired) electrons. The van der Waals surface area contributed by atoms with E-state index in [0.717, 1.165) is 25.3 Å². The van der Waals surface area contributed by atoms with Crippen molar-refractivity contribution in [1.29, 1.82) is 0 Å². The lowest BCUT2D eigenvalue weighted by atomic mass is 10.2. The number of hydrogen-bond donors (Lipinski definition) is 1. The zero-order valence-corrected chi connectivity index (χ0v) is 12.5. The van der Waals surface area contributed by atoms with E-state index in [-0.39, 0.29) is 12.1 Å². The normalized spacial score (nSPS) is 11.3. The molecule has 0 fully saturated rings. The largest absolute Gasteiger partial charge is 0.465 e. The quantitative estimate of drug-likeness (QED) is 0.841. The highest BCUT2D eigenvalue weighted by molar-refractivity contribution is 7.89. The predicted molar refractivity (Wildman–Crippen MR) is 73.9 cm³/mol. The van der Waals surface area contributed by atoms with E-state index < -0.39 is 26.7 Å². The fourth-order valence-electron chi connectivity index (χ4n) is 1.57. The summed E-state index contributed by atoms with van der Waals surface area (Å²) in [6.07, 6.45) is 0. The van der Waals surface area contributed by atoms with Gasteiger partial charge in [0, 0.05) is 5.38 Å². The van der Waals surface area contributed by atoms with E-state index in [1.165, 1.54) is 11.3 Å². The first kappa shape index (κ1) is 15.5. The number of carbonyl (C=O) groups excluding carboxylic acids is 1. The summed E-state index contributed by atoms with van der Waals surface area (Å²) >= 11 is 1.32. The Hall–Kier alpha value is -1.84. The second kappa shape index (κ2) is 6.29. The van der Waals surface area contributed by atoms with Gasteiger partial charge in [0.2, 0.25) is 10.0 Å². The van der Waals surface area contributed by atoms with Crippen molar-refractivity contribution in [2.75, 3.05) is 7.11 Å². The third kappa shape index (κ3) is 3.63. The van der Waals surface area contributed by atoms with Crippen LogP contribution in [0.5, 0.6) is 0 Å². The Morgan fingerprint density at radius 1 is 1.48 bits per heavy atom. The first-order chi connectivity index (χ1) is 9.94. The third-order valence-electron chi connectivity index (χ3n) is 2.57. The summed E-state index contributed by atoms with van der Waals surface area (Å²) in [5.74, 6) is -1.62. The molecule has 0 aliphatic carbocycles. The monoisotopic (exact) mass is 330 g/mol. The number of nitrogens with zero attached hydrogens (tertiary/aromatic N) is 1. The lowest BCUT2D eigenvalue weighted by molar-refractivity contribution is 0.0596. The van der Waals surface area contributed by atoms with E-state index in [4.69, 9.17) is 0 Å². The lowest BCUT2D eigenvalue weighted by Crippen LogP contribution is -2.25. The number of hydrogen-bond acceptors (Lipinski definition) is 6. The van der Waals surface area contributed by atoms with E-state index >= 15 is 0 Å². The maximum Gasteiger partial charge on any atom is 0.339 e. The lowest BCUT2D eigenvalue weighted by Gasteiger charge is -2.10. The number of rotatable bonds is 5. The molecule has 2 rings (SSSR count). The van der Waals surface area contributed by atoms with Gasteiger partial charge in [0.15, 0.2) is 0 Å². The van der Waals surface area contributed by atoms with Gasteiger partial charge in [0.05, 0.1) is 35.3 Å². The highest BCUT2D eigenvalue weighted by Crippen LogP contribution is 2.18. The van der Waals surface area contributed by atoms with Crippen molar-refractivity contribution in [3.8, 4) is 0 Å². The number of methoxy groups -OCH3 is 1. The second-order valence-electron chi connectivity index (χ2n) is 3.94. The Morgan fingerprint density at radius 2 is 2.24 bits per heavy atom. The van der Waals surface area contributed by atoms with Crippen molar-refractivity contribution in [1.82, 2.24) is 9.71 Å². The van der Waals surface area contributed by atoms with Gasteiger partial charge in [0.25, 0.3) is 0 Å². The van der Waals surface area contributed by atoms with Gasteiger partial charge in [0.1, 0.15) is 5.82 Å². The van der Waals surface area contributed by atoms with Crippen LogP contribution in [0.2, 0.25) is 0 Å². The Balaban J connectivity index is 2.34. The highest BCUT2D eigenvalue weighted by Gasteiger charge is 2.23. The van der Waals surface area contributed by atoms with Crippen LogP contribution in [0.4, 0.5) is 4.39 Å². The Labute approximate surface area is 124 Å². The average molecular weight is 330 g/mol. The maximum absolute atomic E-state index is 13.3. The number of esters is 1. The molecule has 112 valence electrons. The Morgan fingerprint density at radius 3 is 2.86 bits per heavy atom. The predicted octanol–water partition coefficient (Wildman–Crippen LogP) is 1.55. The maximum atomic E-state index is 13.3. The molecule has 1 aromatic carbocycles. The molecule has 1 N–H and O–H groups in total. The van der Waals surface area contributed by atoms with Gasteiger partial charge in [-0.2, -0.15) is 0 Å². The van der Waals surface area contributed by atoms with Crippen molar-refractivity contribution in [2.24, 2.45) is 0 Å². The van der Waals surface area contributed by atoms with Crippen molar-refractivity contribution >= 4 is 27.3 Å². The molecule has 0 bridgehead atoms. The summed E-state index contributed by atoms with van der Waals surface area (Å²) in [6.45, 7) is -0.0526. The Bertz CT molecular complexity index is 745. The minimum absolute atomic E-state index is 0.0526. The number of benzene rings is 1. The van der Waals surface area contributed by atoms with Gasteiger partial charge in [-0.1, -0.05) is 0 Å². The van der Waals surface area contributed by atoms with E-state index in [1.54, 1.807) is 10.9 Å². The number of ether oxygens (including phenoxy) is 1. The summed E-state index contributed by atoms with van der Waals surface area (Å²) in [4.78, 5) is 15.0. The number of sulfonamides is 1. The third-order valence-corrected chi connectivity index (χ3v) is 4.64. The van der Waals surface area contributed by atoms with Crippen LogP contribution >= 0.6 is 11.3 Å². The van der Waals surface area contributed by atoms with Crippen LogP contribution < -0.4 is 4.72 Å². The van der Waals surface area contributed by atoms with Crippen LogP contribution in [0.25, 0.3) is 0 Å². The van der Waals surface area contributed by atoms with Crippen LogP contribution in [0.3, 0.4) is 0 Å². The molecule has 1 heterocycles. The topological polar surface area (TPSA) is 85.4 Å². The van der Waals surface area contributed by atoms with E-state index in [1.807, 2.05) is 0 Å². The number of halogens is 1. The molecular formula is C12H11FN2O4S2. The smallest absolute Gasteiger partial charge is 0.339 e. The molecule has 9 heteroatoms. The molecule has 0 aliphatic heterocycles. The zero-order valence-electron chi connectivity index (χ0n) is 10.9. The molecular weight excluding hydrogens is 319 g/mol. The minimum atomic E-state index is -4.07. The molecule has 21 heavy (non-hydrogen) atoms. The van der Waals surface area contributed by atoms with Crippen molar-refractivity contribution < 1.29 is 22.3 Å². The van der Waals surface area contributed by atoms with Crippen LogP contribution in [0, 0.1) is 5.82 Å². The van der Waals surface area contributed by atoms with Crippen LogP contribution in [-0.2, 0) is 21.3 Å². The number of nitrogens with one attached hydrogen (secondary N) is 1. The Kier molecular flexibility index (Phi) is 4.66. The molecule has 0 atom stereocenters. The van der Waals surface area contributed by atoms with Gasteiger partial charge in [-0.3, -0.25) is 0 Å². The molecule has 0 saturated heterocycles. The fourth-order valence-corrected chi connectivity index (χ4v) is 3.33. The van der Waals surface area contributed by atoms with Gasteiger partial charge >= 0.3 is 5.97 Å². The summed E-state index contributed by atoms with van der Waals surface area (Å²) in [7, 11) is -2.95. The number of thiazole rings is 1. The van der Waals surface area contributed by atoms with Gasteiger partial charge in [-0.25, -0.2) is 27.3 Å². The molecule has 1 aromatic heterocycles. The van der Waals surface area contributed by atoms with Gasteiger partial charge < -0.3 is 4.74 Å². The summed E-state index contributed by atoms with van der Waals surface area (Å²) < 4.78 is 44.5. The fraction of sp³-hybridized carbons (Fsp3) is 0.167. The molecule has 0 unspecified atom stereocenters. The molecule has 0 saturated carbocycles. The average Bonchev–Trinajstić information content (AvgIpc) is 2.98. The molecule has 6 nitrogen and oxygen atoms in total.